The second-order valence-corrected chi connectivity index (χ2v) is 9.28. The number of hydrogen-bond acceptors (Lipinski definition) is 5. The molecule has 0 unspecified atom stereocenters. The van der Waals surface area contributed by atoms with Crippen LogP contribution < -0.4 is 0 Å². The topological polar surface area (TPSA) is 51.0 Å². The monoisotopic (exact) mass is 434 g/mol. The summed E-state index contributed by atoms with van der Waals surface area (Å²) in [6.45, 7) is 7.78. The highest BCUT2D eigenvalue weighted by Gasteiger charge is 2.19. The molecule has 1 aliphatic rings. The summed E-state index contributed by atoms with van der Waals surface area (Å²) in [5.74, 6) is 1.48. The van der Waals surface area contributed by atoms with Gasteiger partial charge in [-0.1, -0.05) is 66.2 Å². The number of benzene rings is 2. The molecular weight excluding hydrogens is 404 g/mol. The van der Waals surface area contributed by atoms with Crippen LogP contribution in [0.25, 0.3) is 0 Å². The summed E-state index contributed by atoms with van der Waals surface area (Å²) >= 11 is 1.49. The first-order valence-electron chi connectivity index (χ1n) is 11.0. The Labute approximate surface area is 188 Å². The van der Waals surface area contributed by atoms with Gasteiger partial charge in [-0.25, -0.2) is 0 Å². The van der Waals surface area contributed by atoms with Gasteiger partial charge >= 0.3 is 0 Å². The molecule has 0 N–H and O–H groups in total. The van der Waals surface area contributed by atoms with Crippen LogP contribution >= 0.6 is 11.8 Å². The van der Waals surface area contributed by atoms with Crippen LogP contribution in [0.15, 0.2) is 53.7 Å². The molecule has 0 spiro atoms. The van der Waals surface area contributed by atoms with Gasteiger partial charge in [-0.05, 0) is 57.0 Å². The molecule has 31 heavy (non-hydrogen) atoms. The molecule has 0 saturated carbocycles. The zero-order chi connectivity index (χ0) is 21.6. The molecule has 1 aromatic heterocycles. The summed E-state index contributed by atoms with van der Waals surface area (Å²) in [6, 6.07) is 16.4. The molecule has 162 valence electrons. The van der Waals surface area contributed by atoms with Crippen molar-refractivity contribution in [2.45, 2.75) is 51.4 Å². The maximum Gasteiger partial charge on any atom is 0.192 e. The third-order valence-corrected chi connectivity index (χ3v) is 6.78. The van der Waals surface area contributed by atoms with Gasteiger partial charge in [0.15, 0.2) is 10.9 Å². The Balaban J connectivity index is 1.53. The number of aryl methyl sites for hydroxylation is 2. The average molecular weight is 435 g/mol. The number of carbonyl (C=O) groups is 1. The first-order chi connectivity index (χ1) is 15.1. The van der Waals surface area contributed by atoms with Crippen LogP contribution in [-0.4, -0.2) is 44.3 Å². The summed E-state index contributed by atoms with van der Waals surface area (Å²) in [4.78, 5) is 15.4. The molecule has 1 fully saturated rings. The van der Waals surface area contributed by atoms with E-state index in [9.17, 15) is 4.79 Å². The van der Waals surface area contributed by atoms with Gasteiger partial charge in [0, 0.05) is 5.56 Å². The third-order valence-electron chi connectivity index (χ3n) is 5.82. The van der Waals surface area contributed by atoms with Crippen molar-refractivity contribution in [3.8, 4) is 0 Å². The van der Waals surface area contributed by atoms with Gasteiger partial charge < -0.3 is 4.57 Å². The highest BCUT2D eigenvalue weighted by molar-refractivity contribution is 7.99. The molecule has 1 aliphatic heterocycles. The van der Waals surface area contributed by atoms with Crippen LogP contribution in [-0.2, 0) is 13.1 Å². The van der Waals surface area contributed by atoms with E-state index in [0.717, 1.165) is 53.9 Å². The van der Waals surface area contributed by atoms with Crippen LogP contribution in [0.5, 0.6) is 0 Å². The van der Waals surface area contributed by atoms with E-state index in [2.05, 4.69) is 43.9 Å². The van der Waals surface area contributed by atoms with Crippen molar-refractivity contribution in [3.05, 3.63) is 76.6 Å². The molecule has 0 amide bonds. The van der Waals surface area contributed by atoms with Gasteiger partial charge in [0.25, 0.3) is 0 Å². The SMILES string of the molecule is Cc1ccc(C)c(C(=O)CSc2nnc(CN3CCCCC3)n2Cc2ccccc2)c1. The van der Waals surface area contributed by atoms with E-state index in [4.69, 9.17) is 0 Å². The Morgan fingerprint density at radius 1 is 0.968 bits per heavy atom. The lowest BCUT2D eigenvalue weighted by molar-refractivity contribution is 0.102. The second-order valence-electron chi connectivity index (χ2n) is 8.34. The van der Waals surface area contributed by atoms with Crippen molar-refractivity contribution in [2.75, 3.05) is 18.8 Å². The Morgan fingerprint density at radius 2 is 1.74 bits per heavy atom. The van der Waals surface area contributed by atoms with Crippen LogP contribution in [0, 0.1) is 13.8 Å². The zero-order valence-corrected chi connectivity index (χ0v) is 19.2. The number of hydrogen-bond donors (Lipinski definition) is 0. The van der Waals surface area contributed by atoms with Gasteiger partial charge in [0.2, 0.25) is 0 Å². The molecule has 2 heterocycles. The summed E-state index contributed by atoms with van der Waals surface area (Å²) in [6.07, 6.45) is 3.81. The van der Waals surface area contributed by atoms with Crippen molar-refractivity contribution in [2.24, 2.45) is 0 Å². The minimum absolute atomic E-state index is 0.137. The maximum absolute atomic E-state index is 12.9. The van der Waals surface area contributed by atoms with Crippen molar-refractivity contribution >= 4 is 17.5 Å². The quantitative estimate of drug-likeness (QED) is 0.373. The molecule has 0 radical (unpaired) electrons. The van der Waals surface area contributed by atoms with Crippen LogP contribution in [0.1, 0.15) is 52.1 Å². The Hall–Kier alpha value is -2.44. The molecule has 0 atom stereocenters. The molecule has 2 aromatic carbocycles. The van der Waals surface area contributed by atoms with Gasteiger partial charge in [0.05, 0.1) is 18.8 Å². The Bertz CT molecular complexity index is 1030. The van der Waals surface area contributed by atoms with E-state index in [-0.39, 0.29) is 5.78 Å². The molecule has 5 nitrogen and oxygen atoms in total. The number of ketones is 1. The van der Waals surface area contributed by atoms with E-state index in [1.54, 1.807) is 0 Å². The molecule has 4 rings (SSSR count). The largest absolute Gasteiger partial charge is 0.300 e. The second kappa shape index (κ2) is 10.2. The molecule has 0 aliphatic carbocycles. The van der Waals surface area contributed by atoms with Gasteiger partial charge in [-0.3, -0.25) is 9.69 Å². The predicted octanol–water partition coefficient (Wildman–Crippen LogP) is 4.90. The zero-order valence-electron chi connectivity index (χ0n) is 18.4. The van der Waals surface area contributed by atoms with Gasteiger partial charge in [0.1, 0.15) is 5.82 Å². The lowest BCUT2D eigenvalue weighted by Gasteiger charge is -2.26. The number of nitrogens with zero attached hydrogens (tertiary/aromatic N) is 4. The fourth-order valence-corrected chi connectivity index (χ4v) is 4.87. The van der Waals surface area contributed by atoms with Crippen molar-refractivity contribution in [1.82, 2.24) is 19.7 Å². The van der Waals surface area contributed by atoms with Crippen molar-refractivity contribution < 1.29 is 4.79 Å². The van der Waals surface area contributed by atoms with Crippen LogP contribution in [0.4, 0.5) is 0 Å². The minimum atomic E-state index is 0.137. The smallest absolute Gasteiger partial charge is 0.192 e. The Kier molecular flexibility index (Phi) is 7.20. The van der Waals surface area contributed by atoms with Crippen molar-refractivity contribution in [3.63, 3.8) is 0 Å². The lowest BCUT2D eigenvalue weighted by Crippen LogP contribution is -2.30. The average Bonchev–Trinajstić information content (AvgIpc) is 3.16. The lowest BCUT2D eigenvalue weighted by atomic mass is 10.0. The van der Waals surface area contributed by atoms with Crippen LogP contribution in [0.2, 0.25) is 0 Å². The number of likely N-dealkylation sites (tertiary alicyclic amines) is 1. The molecule has 1 saturated heterocycles. The Morgan fingerprint density at radius 3 is 2.52 bits per heavy atom. The standard InChI is InChI=1S/C25H30N4OS/c1-19-11-12-20(2)22(15-19)23(30)18-31-25-27-26-24(17-28-13-7-4-8-14-28)29(25)16-21-9-5-3-6-10-21/h3,5-6,9-12,15H,4,7-8,13-14,16-18H2,1-2H3. The van der Waals surface area contributed by atoms with Gasteiger partial charge in [-0.2, -0.15) is 0 Å². The predicted molar refractivity (Wildman–Crippen MR) is 126 cm³/mol. The highest BCUT2D eigenvalue weighted by atomic mass is 32.2. The fraction of sp³-hybridized carbons (Fsp3) is 0.400. The van der Waals surface area contributed by atoms with E-state index in [0.29, 0.717) is 5.75 Å². The normalized spacial score (nSPS) is 14.6. The summed E-state index contributed by atoms with van der Waals surface area (Å²) in [7, 11) is 0. The number of carbonyl (C=O) groups excluding carboxylic acids is 1. The highest BCUT2D eigenvalue weighted by Crippen LogP contribution is 2.23. The number of rotatable bonds is 8. The number of Topliss-reactive ketones (excluding diaryl/α,β-unsaturated/α-hetero) is 1. The van der Waals surface area contributed by atoms with E-state index in [1.165, 1.54) is 36.6 Å². The molecule has 0 bridgehead atoms. The minimum Gasteiger partial charge on any atom is -0.300 e. The summed E-state index contributed by atoms with van der Waals surface area (Å²) < 4.78 is 2.19. The fourth-order valence-electron chi connectivity index (χ4n) is 4.03. The summed E-state index contributed by atoms with van der Waals surface area (Å²) in [5.41, 5.74) is 4.14. The van der Waals surface area contributed by atoms with E-state index >= 15 is 0 Å². The number of piperidine rings is 1. The van der Waals surface area contributed by atoms with E-state index in [1.807, 2.05) is 38.1 Å². The molecular formula is C25H30N4OS. The van der Waals surface area contributed by atoms with Crippen molar-refractivity contribution in [1.29, 1.82) is 0 Å². The first-order valence-corrected chi connectivity index (χ1v) is 12.0. The van der Waals surface area contributed by atoms with Gasteiger partial charge in [-0.15, -0.1) is 10.2 Å². The van der Waals surface area contributed by atoms with Crippen LogP contribution in [0.3, 0.4) is 0 Å². The summed E-state index contributed by atoms with van der Waals surface area (Å²) in [5, 5.41) is 9.82. The molecule has 3 aromatic rings. The third kappa shape index (κ3) is 5.63. The van der Waals surface area contributed by atoms with E-state index < -0.39 is 0 Å². The first kappa shape index (κ1) is 21.8. The number of thioether (sulfide) groups is 1. The number of aromatic nitrogens is 3. The maximum atomic E-state index is 12.9. The molecule has 6 heteroatoms.